The molecular weight excluding hydrogens is 494 g/mol. The van der Waals surface area contributed by atoms with Gasteiger partial charge in [0.15, 0.2) is 11.6 Å². The third kappa shape index (κ3) is 4.08. The number of rotatable bonds is 3. The number of benzene rings is 2. The van der Waals surface area contributed by atoms with E-state index in [2.05, 4.69) is 9.64 Å². The normalized spacial score (nSPS) is 21.2. The highest BCUT2D eigenvalue weighted by atomic mass is 35.5. The van der Waals surface area contributed by atoms with Crippen LogP contribution in [0.1, 0.15) is 13.3 Å². The van der Waals surface area contributed by atoms with Crippen molar-refractivity contribution in [2.24, 2.45) is 0 Å². The second kappa shape index (κ2) is 9.04. The first-order valence-electron chi connectivity index (χ1n) is 10.6. The highest BCUT2D eigenvalue weighted by Gasteiger charge is 2.39. The van der Waals surface area contributed by atoms with Crippen molar-refractivity contribution in [2.75, 3.05) is 24.5 Å². The lowest BCUT2D eigenvalue weighted by Crippen LogP contribution is -2.52. The number of nitrogens with zero attached hydrogens (tertiary/aromatic N) is 3. The molecule has 186 valence electrons. The maximum Gasteiger partial charge on any atom is 0.511 e. The van der Waals surface area contributed by atoms with E-state index >= 15 is 8.78 Å². The van der Waals surface area contributed by atoms with Crippen molar-refractivity contribution in [3.63, 3.8) is 0 Å². The molecule has 3 heterocycles. The van der Waals surface area contributed by atoms with E-state index in [0.29, 0.717) is 25.6 Å². The molecule has 0 amide bonds. The second-order valence-corrected chi connectivity index (χ2v) is 8.51. The number of anilines is 1. The fourth-order valence-electron chi connectivity index (χ4n) is 4.92. The molecule has 3 unspecified atom stereocenters. The van der Waals surface area contributed by atoms with Gasteiger partial charge in [0.1, 0.15) is 23.1 Å². The number of hydrogen-bond donors (Lipinski definition) is 1. The number of fused-ring (bicyclic) bond motifs is 3. The largest absolute Gasteiger partial charge is 0.511 e. The minimum absolute atomic E-state index is 0. The molecule has 35 heavy (non-hydrogen) atoms. The fraction of sp³-hybridized carbons (Fsp3) is 0.304. The molecule has 2 bridgehead atoms. The van der Waals surface area contributed by atoms with Crippen LogP contribution in [-0.4, -0.2) is 52.4 Å². The molecule has 12 heteroatoms. The minimum Gasteiger partial charge on any atom is -0.449 e. The van der Waals surface area contributed by atoms with E-state index in [0.717, 1.165) is 35.5 Å². The minimum atomic E-state index is -1.84. The summed E-state index contributed by atoms with van der Waals surface area (Å²) in [5.74, 6) is -4.89. The summed E-state index contributed by atoms with van der Waals surface area (Å²) in [6.07, 6.45) is -0.338. The van der Waals surface area contributed by atoms with Gasteiger partial charge in [-0.05, 0) is 31.5 Å². The summed E-state index contributed by atoms with van der Waals surface area (Å²) < 4.78 is 65.0. The van der Waals surface area contributed by atoms with Crippen LogP contribution in [0.25, 0.3) is 16.6 Å². The zero-order valence-electron chi connectivity index (χ0n) is 18.3. The van der Waals surface area contributed by atoms with Crippen molar-refractivity contribution in [3.8, 4) is 11.4 Å². The van der Waals surface area contributed by atoms with E-state index in [1.54, 1.807) is 4.90 Å². The molecule has 5 rings (SSSR count). The Morgan fingerprint density at radius 2 is 1.86 bits per heavy atom. The SMILES string of the molecule is CC1CN(c2c(F)cc3c(=O)c(OC(=O)O)cn(-c4ccc(F)cc4F)c3c2F)C2CCN1C2.Cl. The Balaban J connectivity index is 0.00000289. The van der Waals surface area contributed by atoms with Crippen molar-refractivity contribution in [2.45, 2.75) is 25.4 Å². The van der Waals surface area contributed by atoms with Gasteiger partial charge in [0.25, 0.3) is 0 Å². The van der Waals surface area contributed by atoms with Crippen molar-refractivity contribution < 1.29 is 32.2 Å². The predicted octanol–water partition coefficient (Wildman–Crippen LogP) is 4.31. The molecule has 2 aliphatic rings. The first kappa shape index (κ1) is 24.8. The summed E-state index contributed by atoms with van der Waals surface area (Å²) in [5, 5.41) is 8.43. The number of pyridine rings is 1. The van der Waals surface area contributed by atoms with E-state index in [4.69, 9.17) is 5.11 Å². The van der Waals surface area contributed by atoms with Crippen molar-refractivity contribution in [1.82, 2.24) is 9.47 Å². The van der Waals surface area contributed by atoms with E-state index in [-0.39, 0.29) is 35.9 Å². The highest BCUT2D eigenvalue weighted by Crippen LogP contribution is 2.37. The molecule has 2 aliphatic heterocycles. The summed E-state index contributed by atoms with van der Waals surface area (Å²) in [7, 11) is 0. The zero-order chi connectivity index (χ0) is 24.3. The average molecular weight is 514 g/mol. The molecule has 0 saturated carbocycles. The smallest absolute Gasteiger partial charge is 0.449 e. The molecule has 3 aromatic rings. The first-order chi connectivity index (χ1) is 16.2. The van der Waals surface area contributed by atoms with E-state index in [1.165, 1.54) is 0 Å². The number of hydrogen-bond acceptors (Lipinski definition) is 5. The van der Waals surface area contributed by atoms with Crippen LogP contribution in [0.5, 0.6) is 5.75 Å². The number of piperazine rings is 1. The lowest BCUT2D eigenvalue weighted by Gasteiger charge is -2.40. The average Bonchev–Trinajstić information content (AvgIpc) is 3.19. The van der Waals surface area contributed by atoms with E-state index in [9.17, 15) is 18.4 Å². The Morgan fingerprint density at radius 1 is 1.11 bits per heavy atom. The number of ether oxygens (including phenoxy) is 1. The van der Waals surface area contributed by atoms with Gasteiger partial charge in [-0.1, -0.05) is 0 Å². The topological polar surface area (TPSA) is 75.0 Å². The maximum absolute atomic E-state index is 16.1. The first-order valence-corrected chi connectivity index (χ1v) is 10.6. The Bertz CT molecular complexity index is 1400. The summed E-state index contributed by atoms with van der Waals surface area (Å²) in [5.41, 5.74) is -2.29. The number of halogens is 5. The van der Waals surface area contributed by atoms with Crippen LogP contribution < -0.4 is 15.1 Å². The summed E-state index contributed by atoms with van der Waals surface area (Å²) in [6, 6.07) is 3.17. The molecule has 0 spiro atoms. The number of aromatic nitrogens is 1. The van der Waals surface area contributed by atoms with Gasteiger partial charge in [-0.25, -0.2) is 22.4 Å². The summed E-state index contributed by atoms with van der Waals surface area (Å²) in [4.78, 5) is 27.8. The van der Waals surface area contributed by atoms with Crippen LogP contribution in [0.4, 0.5) is 28.0 Å². The Hall–Kier alpha value is -3.31. The van der Waals surface area contributed by atoms with Gasteiger partial charge in [-0.2, -0.15) is 0 Å². The van der Waals surface area contributed by atoms with Gasteiger partial charge in [0.05, 0.1) is 22.8 Å². The summed E-state index contributed by atoms with van der Waals surface area (Å²) in [6.45, 7) is 3.72. The van der Waals surface area contributed by atoms with Gasteiger partial charge < -0.3 is 19.3 Å². The Morgan fingerprint density at radius 3 is 2.54 bits per heavy atom. The van der Waals surface area contributed by atoms with Crippen LogP contribution >= 0.6 is 12.4 Å². The molecule has 7 nitrogen and oxygen atoms in total. The zero-order valence-corrected chi connectivity index (χ0v) is 19.1. The van der Waals surface area contributed by atoms with Gasteiger partial charge in [0, 0.05) is 37.8 Å². The van der Waals surface area contributed by atoms with Crippen LogP contribution in [0, 0.1) is 23.3 Å². The maximum atomic E-state index is 16.1. The molecule has 3 atom stereocenters. The van der Waals surface area contributed by atoms with Crippen LogP contribution in [0.15, 0.2) is 35.3 Å². The number of carboxylic acid groups (broad SMARTS) is 1. The lowest BCUT2D eigenvalue weighted by molar-refractivity contribution is 0.144. The van der Waals surface area contributed by atoms with Crippen LogP contribution in [-0.2, 0) is 0 Å². The predicted molar refractivity (Wildman–Crippen MR) is 122 cm³/mol. The molecule has 1 N–H and O–H groups in total. The van der Waals surface area contributed by atoms with Crippen LogP contribution in [0.2, 0.25) is 0 Å². The Labute approximate surface area is 202 Å². The van der Waals surface area contributed by atoms with Gasteiger partial charge in [0.2, 0.25) is 5.43 Å². The van der Waals surface area contributed by atoms with Crippen molar-refractivity contribution in [3.05, 3.63) is 64.0 Å². The van der Waals surface area contributed by atoms with Gasteiger partial charge >= 0.3 is 6.16 Å². The molecule has 1 aromatic heterocycles. The van der Waals surface area contributed by atoms with Crippen molar-refractivity contribution >= 4 is 35.2 Å². The highest BCUT2D eigenvalue weighted by molar-refractivity contribution is 5.87. The molecule has 2 aromatic carbocycles. The fourth-order valence-corrected chi connectivity index (χ4v) is 4.92. The molecular formula is C23H20ClF4N3O4. The lowest BCUT2D eigenvalue weighted by atomic mass is 10.1. The van der Waals surface area contributed by atoms with Crippen LogP contribution in [0.3, 0.4) is 0 Å². The van der Waals surface area contributed by atoms with Crippen molar-refractivity contribution in [1.29, 1.82) is 0 Å². The molecule has 2 saturated heterocycles. The third-order valence-electron chi connectivity index (χ3n) is 6.50. The third-order valence-corrected chi connectivity index (χ3v) is 6.50. The standard InChI is InChI=1S/C23H19F4N3O4.ClH/c1-11-8-29(13-4-5-28(11)9-13)21-16(26)7-14-20(19(21)27)30(10-18(22(14)31)34-23(32)33)17-3-2-12(24)6-15(17)25;/h2-3,6-7,10-11,13H,4-5,8-9H2,1H3,(H,32,33);1H. The monoisotopic (exact) mass is 513 g/mol. The quantitative estimate of drug-likeness (QED) is 0.416. The molecule has 0 radical (unpaired) electrons. The molecule has 2 fully saturated rings. The van der Waals surface area contributed by atoms with Gasteiger partial charge in [-0.3, -0.25) is 9.69 Å². The van der Waals surface area contributed by atoms with E-state index in [1.807, 2.05) is 6.92 Å². The van der Waals surface area contributed by atoms with E-state index < -0.39 is 51.5 Å². The van der Waals surface area contributed by atoms with Gasteiger partial charge in [-0.15, -0.1) is 12.4 Å². The Kier molecular flexibility index (Phi) is 6.41. The summed E-state index contributed by atoms with van der Waals surface area (Å²) >= 11 is 0. The molecule has 0 aliphatic carbocycles. The number of carbonyl (C=O) groups is 1. The second-order valence-electron chi connectivity index (χ2n) is 8.51.